The lowest BCUT2D eigenvalue weighted by molar-refractivity contribution is 0.102. The van der Waals surface area contributed by atoms with Crippen LogP contribution in [0.1, 0.15) is 36.8 Å². The molecule has 1 aromatic carbocycles. The number of H-pyrrole nitrogens is 1. The number of hydrogen-bond acceptors (Lipinski definition) is 4. The van der Waals surface area contributed by atoms with Gasteiger partial charge in [-0.2, -0.15) is 0 Å². The molecule has 3 rings (SSSR count). The van der Waals surface area contributed by atoms with Gasteiger partial charge >= 0.3 is 0 Å². The lowest BCUT2D eigenvalue weighted by Gasteiger charge is -2.14. The van der Waals surface area contributed by atoms with Gasteiger partial charge in [0.05, 0.1) is 11.3 Å². The van der Waals surface area contributed by atoms with Crippen molar-refractivity contribution in [3.05, 3.63) is 57.3 Å². The summed E-state index contributed by atoms with van der Waals surface area (Å²) in [5, 5.41) is 5.96. The Hall–Kier alpha value is -2.47. The first-order chi connectivity index (χ1) is 10.8. The zero-order valence-corrected chi connectivity index (χ0v) is 14.0. The third-order valence-corrected chi connectivity index (χ3v) is 4.25. The number of nitrogens with one attached hydrogen (secondary N) is 2. The second-order valence-electron chi connectivity index (χ2n) is 6.33. The van der Waals surface area contributed by atoms with E-state index < -0.39 is 0 Å². The molecule has 5 nitrogen and oxygen atoms in total. The van der Waals surface area contributed by atoms with Crippen molar-refractivity contribution in [2.24, 2.45) is 0 Å². The van der Waals surface area contributed by atoms with Gasteiger partial charge in [0.25, 0.3) is 5.91 Å². The van der Waals surface area contributed by atoms with E-state index in [1.54, 1.807) is 6.07 Å². The summed E-state index contributed by atoms with van der Waals surface area (Å²) in [4.78, 5) is 31.5. The van der Waals surface area contributed by atoms with Crippen LogP contribution in [0.3, 0.4) is 0 Å². The van der Waals surface area contributed by atoms with Gasteiger partial charge in [-0.1, -0.05) is 39.0 Å². The van der Waals surface area contributed by atoms with Crippen LogP contribution in [0.2, 0.25) is 0 Å². The molecule has 0 saturated heterocycles. The minimum Gasteiger partial charge on any atom is -0.322 e. The third kappa shape index (κ3) is 3.17. The monoisotopic (exact) mass is 327 g/mol. The number of rotatable bonds is 2. The first-order valence-corrected chi connectivity index (χ1v) is 8.12. The molecule has 0 saturated carbocycles. The van der Waals surface area contributed by atoms with Crippen LogP contribution < -0.4 is 10.9 Å². The maximum absolute atomic E-state index is 12.5. The fourth-order valence-electron chi connectivity index (χ4n) is 2.23. The number of fused-ring (bicyclic) bond motifs is 1. The molecule has 6 heteroatoms. The molecule has 0 bridgehead atoms. The van der Waals surface area contributed by atoms with E-state index in [-0.39, 0.29) is 16.9 Å². The highest BCUT2D eigenvalue weighted by Crippen LogP contribution is 2.27. The molecule has 23 heavy (non-hydrogen) atoms. The zero-order valence-electron chi connectivity index (χ0n) is 13.1. The van der Waals surface area contributed by atoms with Gasteiger partial charge in [-0.25, -0.2) is 4.98 Å². The van der Waals surface area contributed by atoms with E-state index in [2.05, 4.69) is 36.1 Å². The molecule has 0 aliphatic heterocycles. The summed E-state index contributed by atoms with van der Waals surface area (Å²) in [7, 11) is 0. The van der Waals surface area contributed by atoms with E-state index in [9.17, 15) is 9.59 Å². The van der Waals surface area contributed by atoms with Gasteiger partial charge in [-0.05, 0) is 6.07 Å². The molecule has 2 heterocycles. The van der Waals surface area contributed by atoms with Gasteiger partial charge in [0, 0.05) is 27.8 Å². The molecule has 118 valence electrons. The number of pyridine rings is 1. The highest BCUT2D eigenvalue weighted by molar-refractivity contribution is 7.14. The van der Waals surface area contributed by atoms with Crippen LogP contribution in [0.25, 0.3) is 10.9 Å². The van der Waals surface area contributed by atoms with Gasteiger partial charge in [0.2, 0.25) is 5.56 Å². The van der Waals surface area contributed by atoms with Crippen molar-refractivity contribution in [3.8, 4) is 0 Å². The van der Waals surface area contributed by atoms with Crippen molar-refractivity contribution < 1.29 is 4.79 Å². The molecule has 0 spiro atoms. The van der Waals surface area contributed by atoms with E-state index in [1.807, 2.05) is 23.6 Å². The molecule has 1 amide bonds. The number of anilines is 1. The quantitative estimate of drug-likeness (QED) is 0.756. The highest BCUT2D eigenvalue weighted by atomic mass is 32.1. The number of benzene rings is 1. The van der Waals surface area contributed by atoms with Crippen LogP contribution in [0.5, 0.6) is 0 Å². The molecule has 0 fully saturated rings. The lowest BCUT2D eigenvalue weighted by Crippen LogP contribution is -2.17. The smallest absolute Gasteiger partial charge is 0.258 e. The second kappa shape index (κ2) is 5.62. The summed E-state index contributed by atoms with van der Waals surface area (Å²) in [6, 6.07) is 8.54. The van der Waals surface area contributed by atoms with Crippen molar-refractivity contribution in [3.63, 3.8) is 0 Å². The Morgan fingerprint density at radius 2 is 2.00 bits per heavy atom. The van der Waals surface area contributed by atoms with Crippen molar-refractivity contribution in [2.45, 2.75) is 26.2 Å². The summed E-state index contributed by atoms with van der Waals surface area (Å²) in [6.45, 7) is 6.20. The Labute approximate surface area is 137 Å². The Morgan fingerprint density at radius 3 is 2.70 bits per heavy atom. The van der Waals surface area contributed by atoms with Crippen molar-refractivity contribution >= 4 is 33.3 Å². The van der Waals surface area contributed by atoms with Gasteiger partial charge in [-0.15, -0.1) is 11.3 Å². The summed E-state index contributed by atoms with van der Waals surface area (Å²) < 4.78 is 0. The van der Waals surface area contributed by atoms with Crippen LogP contribution in [0, 0.1) is 0 Å². The van der Waals surface area contributed by atoms with Crippen molar-refractivity contribution in [1.29, 1.82) is 0 Å². The summed E-state index contributed by atoms with van der Waals surface area (Å²) in [6.07, 6.45) is 0. The SMILES string of the molecule is CC(C)(C)c1csc(NC(=O)c2cc(=O)[nH]c3ccccc23)n1. The van der Waals surface area contributed by atoms with Crippen LogP contribution >= 0.6 is 11.3 Å². The van der Waals surface area contributed by atoms with Gasteiger partial charge in [0.15, 0.2) is 5.13 Å². The van der Waals surface area contributed by atoms with Gasteiger partial charge in [0.1, 0.15) is 0 Å². The first kappa shape index (κ1) is 15.4. The Balaban J connectivity index is 1.95. The minimum atomic E-state index is -0.331. The van der Waals surface area contributed by atoms with Crippen molar-refractivity contribution in [1.82, 2.24) is 9.97 Å². The average Bonchev–Trinajstić information content (AvgIpc) is 2.95. The van der Waals surface area contributed by atoms with E-state index >= 15 is 0 Å². The Kier molecular flexibility index (Phi) is 3.77. The van der Waals surface area contributed by atoms with Crippen LogP contribution in [0.4, 0.5) is 5.13 Å². The third-order valence-electron chi connectivity index (χ3n) is 3.49. The fraction of sp³-hybridized carbons (Fsp3) is 0.235. The zero-order chi connectivity index (χ0) is 16.6. The first-order valence-electron chi connectivity index (χ1n) is 7.24. The maximum Gasteiger partial charge on any atom is 0.258 e. The number of amides is 1. The number of nitrogens with zero attached hydrogens (tertiary/aromatic N) is 1. The van der Waals surface area contributed by atoms with E-state index in [0.29, 0.717) is 21.6 Å². The summed E-state index contributed by atoms with van der Waals surface area (Å²) in [5.74, 6) is -0.331. The molecule has 2 aromatic heterocycles. The predicted molar refractivity (Wildman–Crippen MR) is 93.3 cm³/mol. The molecule has 0 aliphatic carbocycles. The maximum atomic E-state index is 12.5. The molecule has 0 unspecified atom stereocenters. The van der Waals surface area contributed by atoms with E-state index in [0.717, 1.165) is 5.69 Å². The molecular weight excluding hydrogens is 310 g/mol. The van der Waals surface area contributed by atoms with Crippen molar-refractivity contribution in [2.75, 3.05) is 5.32 Å². The summed E-state index contributed by atoms with van der Waals surface area (Å²) in [5.41, 5.74) is 1.53. The van der Waals surface area contributed by atoms with E-state index in [4.69, 9.17) is 0 Å². The number of para-hydroxylation sites is 1. The number of thiazole rings is 1. The van der Waals surface area contributed by atoms with Crippen LogP contribution in [-0.4, -0.2) is 15.9 Å². The fourth-order valence-corrected chi connectivity index (χ4v) is 3.16. The minimum absolute atomic E-state index is 0.0733. The topological polar surface area (TPSA) is 74.8 Å². The molecule has 2 N–H and O–H groups in total. The largest absolute Gasteiger partial charge is 0.322 e. The highest BCUT2D eigenvalue weighted by Gasteiger charge is 2.19. The number of carbonyl (C=O) groups excluding carboxylic acids is 1. The number of hydrogen-bond donors (Lipinski definition) is 2. The molecule has 0 aliphatic rings. The number of carbonyl (C=O) groups is 1. The average molecular weight is 327 g/mol. The molecular formula is C17H17N3O2S. The number of aromatic amines is 1. The standard InChI is InChI=1S/C17H17N3O2S/c1-17(2,3)13-9-23-16(19-13)20-15(22)11-8-14(21)18-12-7-5-4-6-10(11)12/h4-9H,1-3H3,(H,18,21)(H,19,20,22). The molecule has 3 aromatic rings. The predicted octanol–water partition coefficient (Wildman–Crippen LogP) is 3.53. The van der Waals surface area contributed by atoms with E-state index in [1.165, 1.54) is 17.4 Å². The molecule has 0 radical (unpaired) electrons. The normalized spacial score (nSPS) is 11.6. The second-order valence-corrected chi connectivity index (χ2v) is 7.19. The van der Waals surface area contributed by atoms with Crippen LogP contribution in [-0.2, 0) is 5.41 Å². The van der Waals surface area contributed by atoms with Gasteiger partial charge in [-0.3, -0.25) is 14.9 Å². The van der Waals surface area contributed by atoms with Gasteiger partial charge < -0.3 is 4.98 Å². The summed E-state index contributed by atoms with van der Waals surface area (Å²) >= 11 is 1.38. The van der Waals surface area contributed by atoms with Crippen LogP contribution in [0.15, 0.2) is 40.5 Å². The number of aromatic nitrogens is 2. The Morgan fingerprint density at radius 1 is 1.26 bits per heavy atom. The lowest BCUT2D eigenvalue weighted by atomic mass is 9.93. The Bertz CT molecular complexity index is 935. The molecule has 0 atom stereocenters.